The van der Waals surface area contributed by atoms with E-state index in [0.29, 0.717) is 6.54 Å². The fraction of sp³-hybridized carbons (Fsp3) is 0.0870. The van der Waals surface area contributed by atoms with Crippen LogP contribution in [0.15, 0.2) is 77.8 Å². The first kappa shape index (κ1) is 20.1. The van der Waals surface area contributed by atoms with Crippen molar-refractivity contribution in [2.24, 2.45) is 0 Å². The van der Waals surface area contributed by atoms with E-state index in [4.69, 9.17) is 0 Å². The highest BCUT2D eigenvalue weighted by molar-refractivity contribution is 8.00. The molecule has 4 rings (SSSR count). The second kappa shape index (κ2) is 8.67. The highest BCUT2D eigenvalue weighted by Crippen LogP contribution is 2.31. The van der Waals surface area contributed by atoms with Gasteiger partial charge in [0.2, 0.25) is 5.91 Å². The lowest BCUT2D eigenvalue weighted by molar-refractivity contribution is -0.113. The van der Waals surface area contributed by atoms with Gasteiger partial charge in [0.15, 0.2) is 0 Å². The first-order valence-electron chi connectivity index (χ1n) is 9.19. The zero-order valence-corrected chi connectivity index (χ0v) is 16.6. The lowest BCUT2D eigenvalue weighted by Gasteiger charge is -2.06. The average molecular weight is 426 g/mol. The van der Waals surface area contributed by atoms with E-state index in [9.17, 15) is 18.0 Å². The Morgan fingerprint density at radius 3 is 2.53 bits per heavy atom. The van der Waals surface area contributed by atoms with Gasteiger partial charge in [-0.1, -0.05) is 30.3 Å². The molecule has 0 atom stereocenters. The van der Waals surface area contributed by atoms with E-state index in [0.717, 1.165) is 33.5 Å². The molecule has 0 saturated heterocycles. The van der Waals surface area contributed by atoms with E-state index in [1.54, 1.807) is 6.07 Å². The maximum atomic E-state index is 13.7. The summed E-state index contributed by atoms with van der Waals surface area (Å²) in [6.07, 6.45) is 1.92. The average Bonchev–Trinajstić information content (AvgIpc) is 3.06. The number of fused-ring (bicyclic) bond motifs is 1. The summed E-state index contributed by atoms with van der Waals surface area (Å²) in [7, 11) is 0. The second-order valence-corrected chi connectivity index (χ2v) is 7.75. The van der Waals surface area contributed by atoms with Gasteiger partial charge in [0.05, 0.1) is 11.4 Å². The third-order valence-corrected chi connectivity index (χ3v) is 5.60. The summed E-state index contributed by atoms with van der Waals surface area (Å²) < 4.78 is 42.3. The first-order valence-corrected chi connectivity index (χ1v) is 10.2. The Bertz CT molecular complexity index is 1220. The minimum absolute atomic E-state index is 0.0597. The normalized spacial score (nSPS) is 11.0. The molecule has 1 N–H and O–H groups in total. The molecule has 0 fully saturated rings. The highest BCUT2D eigenvalue weighted by atomic mass is 32.2. The molecule has 0 aliphatic rings. The number of carbonyl (C=O) groups excluding carboxylic acids is 1. The van der Waals surface area contributed by atoms with E-state index in [1.807, 2.05) is 41.1 Å². The third kappa shape index (κ3) is 4.52. The lowest BCUT2D eigenvalue weighted by Crippen LogP contribution is -2.15. The largest absolute Gasteiger partial charge is 0.342 e. The molecule has 3 aromatic carbocycles. The molecular weight excluding hydrogens is 409 g/mol. The molecule has 0 saturated carbocycles. The number of hydrogen-bond donors (Lipinski definition) is 1. The number of aromatic nitrogens is 1. The van der Waals surface area contributed by atoms with Gasteiger partial charge in [-0.2, -0.15) is 0 Å². The standard InChI is InChI=1S/C23H17F3N2OS/c24-16-5-3-4-15(10-16)12-28-13-22(18-6-1-2-7-21(18)28)30-14-23(29)27-20-9-8-17(25)11-19(20)26/h1-11,13H,12,14H2,(H,27,29). The molecule has 4 aromatic rings. The van der Waals surface area contributed by atoms with E-state index < -0.39 is 17.5 Å². The number of halogens is 3. The summed E-state index contributed by atoms with van der Waals surface area (Å²) in [6.45, 7) is 0.492. The summed E-state index contributed by atoms with van der Waals surface area (Å²) in [6, 6.07) is 17.2. The third-order valence-electron chi connectivity index (χ3n) is 4.56. The molecule has 0 aliphatic carbocycles. The van der Waals surface area contributed by atoms with Gasteiger partial charge in [0, 0.05) is 34.6 Å². The van der Waals surface area contributed by atoms with Crippen LogP contribution in [0.25, 0.3) is 10.9 Å². The van der Waals surface area contributed by atoms with Gasteiger partial charge in [-0.05, 0) is 35.9 Å². The molecule has 3 nitrogen and oxygen atoms in total. The molecule has 30 heavy (non-hydrogen) atoms. The number of thioether (sulfide) groups is 1. The van der Waals surface area contributed by atoms with Gasteiger partial charge < -0.3 is 9.88 Å². The summed E-state index contributed by atoms with van der Waals surface area (Å²) in [5, 5.41) is 3.43. The van der Waals surface area contributed by atoms with E-state index in [1.165, 1.54) is 30.0 Å². The van der Waals surface area contributed by atoms with Crippen molar-refractivity contribution in [3.05, 3.63) is 95.9 Å². The number of nitrogens with one attached hydrogen (secondary N) is 1. The molecule has 1 heterocycles. The zero-order chi connectivity index (χ0) is 21.1. The van der Waals surface area contributed by atoms with Crippen molar-refractivity contribution in [1.29, 1.82) is 0 Å². The summed E-state index contributed by atoms with van der Waals surface area (Å²) in [5.41, 5.74) is 1.74. The van der Waals surface area contributed by atoms with Crippen LogP contribution < -0.4 is 5.32 Å². The van der Waals surface area contributed by atoms with Crippen LogP contribution in [0.4, 0.5) is 18.9 Å². The Morgan fingerprint density at radius 2 is 1.73 bits per heavy atom. The molecule has 0 bridgehead atoms. The number of carbonyl (C=O) groups is 1. The fourth-order valence-electron chi connectivity index (χ4n) is 3.21. The predicted octanol–water partition coefficient (Wildman–Crippen LogP) is 5.84. The highest BCUT2D eigenvalue weighted by Gasteiger charge is 2.13. The van der Waals surface area contributed by atoms with Crippen molar-refractivity contribution in [3.8, 4) is 0 Å². The first-order chi connectivity index (χ1) is 14.5. The van der Waals surface area contributed by atoms with Crippen molar-refractivity contribution < 1.29 is 18.0 Å². The molecule has 152 valence electrons. The van der Waals surface area contributed by atoms with E-state index in [2.05, 4.69) is 5.32 Å². The van der Waals surface area contributed by atoms with Crippen LogP contribution in [-0.2, 0) is 11.3 Å². The van der Waals surface area contributed by atoms with Crippen LogP contribution in [0.2, 0.25) is 0 Å². The summed E-state index contributed by atoms with van der Waals surface area (Å²) >= 11 is 1.32. The Hall–Kier alpha value is -3.19. The molecular formula is C23H17F3N2OS. The van der Waals surface area contributed by atoms with Crippen LogP contribution >= 0.6 is 11.8 Å². The van der Waals surface area contributed by atoms with Crippen LogP contribution in [0.5, 0.6) is 0 Å². The number of para-hydroxylation sites is 1. The minimum Gasteiger partial charge on any atom is -0.342 e. The van der Waals surface area contributed by atoms with Gasteiger partial charge in [0.25, 0.3) is 0 Å². The predicted molar refractivity (Wildman–Crippen MR) is 113 cm³/mol. The Balaban J connectivity index is 1.51. The zero-order valence-electron chi connectivity index (χ0n) is 15.7. The number of amides is 1. The number of benzene rings is 3. The van der Waals surface area contributed by atoms with Gasteiger partial charge in [-0.25, -0.2) is 13.2 Å². The lowest BCUT2D eigenvalue weighted by atomic mass is 10.2. The molecule has 1 aromatic heterocycles. The Morgan fingerprint density at radius 1 is 0.933 bits per heavy atom. The van der Waals surface area contributed by atoms with E-state index in [-0.39, 0.29) is 17.3 Å². The number of rotatable bonds is 6. The fourth-order valence-corrected chi connectivity index (χ4v) is 4.10. The maximum absolute atomic E-state index is 13.7. The van der Waals surface area contributed by atoms with Crippen LogP contribution in [0.1, 0.15) is 5.56 Å². The minimum atomic E-state index is -0.819. The topological polar surface area (TPSA) is 34.0 Å². The molecule has 0 spiro atoms. The van der Waals surface area contributed by atoms with E-state index >= 15 is 0 Å². The Kier molecular flexibility index (Phi) is 5.81. The van der Waals surface area contributed by atoms with Crippen molar-refractivity contribution >= 4 is 34.3 Å². The van der Waals surface area contributed by atoms with Crippen LogP contribution in [-0.4, -0.2) is 16.2 Å². The van der Waals surface area contributed by atoms with Gasteiger partial charge in [0.1, 0.15) is 17.5 Å². The molecule has 0 aliphatic heterocycles. The smallest absolute Gasteiger partial charge is 0.234 e. The number of nitrogens with zero attached hydrogens (tertiary/aromatic N) is 1. The number of hydrogen-bond acceptors (Lipinski definition) is 2. The van der Waals surface area contributed by atoms with Crippen LogP contribution in [0, 0.1) is 17.5 Å². The summed E-state index contributed by atoms with van der Waals surface area (Å²) in [4.78, 5) is 13.1. The van der Waals surface area contributed by atoms with Crippen molar-refractivity contribution in [2.75, 3.05) is 11.1 Å². The summed E-state index contributed by atoms with van der Waals surface area (Å²) in [5.74, 6) is -2.15. The Labute approximate surface area is 175 Å². The molecule has 0 radical (unpaired) electrons. The second-order valence-electron chi connectivity index (χ2n) is 6.73. The van der Waals surface area contributed by atoms with Gasteiger partial charge >= 0.3 is 0 Å². The quantitative estimate of drug-likeness (QED) is 0.393. The van der Waals surface area contributed by atoms with Crippen molar-refractivity contribution in [3.63, 3.8) is 0 Å². The monoisotopic (exact) mass is 426 g/mol. The number of anilines is 1. The van der Waals surface area contributed by atoms with Crippen LogP contribution in [0.3, 0.4) is 0 Å². The molecule has 0 unspecified atom stereocenters. The SMILES string of the molecule is O=C(CSc1cn(Cc2cccc(F)c2)c2ccccc12)Nc1ccc(F)cc1F. The molecule has 1 amide bonds. The van der Waals surface area contributed by atoms with Crippen molar-refractivity contribution in [2.45, 2.75) is 11.4 Å². The van der Waals surface area contributed by atoms with Gasteiger partial charge in [-0.15, -0.1) is 11.8 Å². The van der Waals surface area contributed by atoms with Gasteiger partial charge in [-0.3, -0.25) is 4.79 Å². The molecule has 7 heteroatoms. The van der Waals surface area contributed by atoms with Crippen molar-refractivity contribution in [1.82, 2.24) is 4.57 Å². The maximum Gasteiger partial charge on any atom is 0.234 e.